The zero-order valence-electron chi connectivity index (χ0n) is 15.9. The van der Waals surface area contributed by atoms with E-state index in [0.29, 0.717) is 34.9 Å². The third kappa shape index (κ3) is 5.21. The lowest BCUT2D eigenvalue weighted by molar-refractivity contribution is 0.0285. The number of nitrogens with two attached hydrogens (primary N) is 2. The second-order valence-electron chi connectivity index (χ2n) is 7.56. The molecule has 1 fully saturated rings. The van der Waals surface area contributed by atoms with Crippen LogP contribution in [0, 0.1) is 0 Å². The van der Waals surface area contributed by atoms with Crippen LogP contribution in [0.3, 0.4) is 0 Å². The number of ether oxygens (including phenoxy) is 1. The van der Waals surface area contributed by atoms with Crippen molar-refractivity contribution in [3.05, 3.63) is 30.5 Å². The lowest BCUT2D eigenvalue weighted by Crippen LogP contribution is -2.28. The summed E-state index contributed by atoms with van der Waals surface area (Å²) in [4.78, 5) is 8.76. The third-order valence-corrected chi connectivity index (χ3v) is 4.42. The molecule has 0 saturated heterocycles. The molecule has 27 heavy (non-hydrogen) atoms. The third-order valence-electron chi connectivity index (χ3n) is 4.42. The zero-order valence-corrected chi connectivity index (χ0v) is 15.9. The Morgan fingerprint density at radius 2 is 1.93 bits per heavy atom. The first-order valence-electron chi connectivity index (χ1n) is 9.21. The Bertz CT molecular complexity index is 754. The topological polar surface area (TPSA) is 123 Å². The monoisotopic (exact) mass is 372 g/mol. The first-order chi connectivity index (χ1) is 12.8. The molecule has 0 unspecified atom stereocenters. The molecule has 6 N–H and O–H groups in total. The summed E-state index contributed by atoms with van der Waals surface area (Å²) in [7, 11) is 0. The van der Waals surface area contributed by atoms with Gasteiger partial charge in [0.25, 0.3) is 0 Å². The molecule has 1 aliphatic carbocycles. The predicted molar refractivity (Wildman–Crippen MR) is 107 cm³/mol. The molecule has 0 radical (unpaired) electrons. The second kappa shape index (κ2) is 7.98. The number of aromatic nitrogens is 2. The number of benzene rings is 1. The molecule has 0 amide bonds. The molecule has 1 heterocycles. The van der Waals surface area contributed by atoms with Gasteiger partial charge in [0.2, 0.25) is 5.95 Å². The lowest BCUT2D eigenvalue weighted by Gasteiger charge is -2.21. The fourth-order valence-electron chi connectivity index (χ4n) is 2.98. The van der Waals surface area contributed by atoms with Crippen molar-refractivity contribution in [3.8, 4) is 5.75 Å². The summed E-state index contributed by atoms with van der Waals surface area (Å²) in [6.45, 7) is 3.59. The number of hydrazine groups is 1. The highest BCUT2D eigenvalue weighted by atomic mass is 16.5. The van der Waals surface area contributed by atoms with E-state index in [9.17, 15) is 5.11 Å². The normalized spacial score (nSPS) is 15.0. The minimum atomic E-state index is -0.892. The Morgan fingerprint density at radius 1 is 1.26 bits per heavy atom. The van der Waals surface area contributed by atoms with Crippen molar-refractivity contribution in [1.29, 1.82) is 0 Å². The summed E-state index contributed by atoms with van der Waals surface area (Å²) >= 11 is 0. The molecule has 2 aromatic rings. The molecule has 1 saturated carbocycles. The molecule has 8 nitrogen and oxygen atoms in total. The first kappa shape index (κ1) is 19.2. The van der Waals surface area contributed by atoms with E-state index in [4.69, 9.17) is 16.3 Å². The highest BCUT2D eigenvalue weighted by Crippen LogP contribution is 2.28. The molecule has 8 heteroatoms. The van der Waals surface area contributed by atoms with Crippen molar-refractivity contribution in [2.45, 2.75) is 51.2 Å². The van der Waals surface area contributed by atoms with Gasteiger partial charge in [-0.05, 0) is 51.0 Å². The Balaban J connectivity index is 1.71. The summed E-state index contributed by atoms with van der Waals surface area (Å²) < 4.78 is 5.56. The van der Waals surface area contributed by atoms with Crippen molar-refractivity contribution < 1.29 is 9.84 Å². The fourth-order valence-corrected chi connectivity index (χ4v) is 2.98. The quantitative estimate of drug-likeness (QED) is 0.432. The van der Waals surface area contributed by atoms with Crippen LogP contribution in [-0.4, -0.2) is 33.3 Å². The van der Waals surface area contributed by atoms with Crippen LogP contribution in [0.2, 0.25) is 0 Å². The zero-order chi connectivity index (χ0) is 19.4. The average molecular weight is 372 g/mol. The Hall–Kier alpha value is -2.58. The molecular weight excluding hydrogens is 344 g/mol. The van der Waals surface area contributed by atoms with Gasteiger partial charge in [0, 0.05) is 6.04 Å². The average Bonchev–Trinajstić information content (AvgIpc) is 3.14. The van der Waals surface area contributed by atoms with E-state index in [0.717, 1.165) is 12.8 Å². The number of aliphatic hydroxyl groups is 1. The maximum absolute atomic E-state index is 9.74. The van der Waals surface area contributed by atoms with E-state index in [2.05, 4.69) is 15.3 Å². The number of nitrogens with one attached hydrogen (secondary N) is 1. The fraction of sp³-hybridized carbons (Fsp3) is 0.474. The van der Waals surface area contributed by atoms with Crippen LogP contribution in [0.1, 0.15) is 39.5 Å². The minimum absolute atomic E-state index is 0.202. The lowest BCUT2D eigenvalue weighted by atomic mass is 10.2. The van der Waals surface area contributed by atoms with Crippen LogP contribution in [0.25, 0.3) is 0 Å². The van der Waals surface area contributed by atoms with Gasteiger partial charge in [-0.2, -0.15) is 4.98 Å². The summed E-state index contributed by atoms with van der Waals surface area (Å²) in [6, 6.07) is 7.60. The number of hydrogen-bond acceptors (Lipinski definition) is 8. The SMILES string of the molecule is CC(C)(O)COc1ccc(N(N)c2nc(NC3CCCC3)ncc2N)cc1. The first-order valence-corrected chi connectivity index (χ1v) is 9.21. The van der Waals surface area contributed by atoms with Crippen molar-refractivity contribution >= 4 is 23.1 Å². The molecular formula is C19H28N6O2. The molecule has 0 bridgehead atoms. The maximum atomic E-state index is 9.74. The van der Waals surface area contributed by atoms with E-state index >= 15 is 0 Å². The Kier molecular flexibility index (Phi) is 5.67. The number of nitrogen functional groups attached to an aromatic ring is 1. The predicted octanol–water partition coefficient (Wildman–Crippen LogP) is 2.57. The molecule has 0 spiro atoms. The highest BCUT2D eigenvalue weighted by Gasteiger charge is 2.18. The van der Waals surface area contributed by atoms with Crippen LogP contribution < -0.4 is 26.6 Å². The van der Waals surface area contributed by atoms with Gasteiger partial charge in [-0.1, -0.05) is 12.8 Å². The summed E-state index contributed by atoms with van der Waals surface area (Å²) in [6.07, 6.45) is 6.28. The van der Waals surface area contributed by atoms with Crippen LogP contribution >= 0.6 is 0 Å². The van der Waals surface area contributed by atoms with Crippen molar-refractivity contribution in [1.82, 2.24) is 9.97 Å². The molecule has 0 atom stereocenters. The van der Waals surface area contributed by atoms with Gasteiger partial charge in [-0.15, -0.1) is 0 Å². The highest BCUT2D eigenvalue weighted by molar-refractivity contribution is 5.70. The van der Waals surface area contributed by atoms with E-state index < -0.39 is 5.60 Å². The Labute approximate surface area is 159 Å². The molecule has 0 aliphatic heterocycles. The largest absolute Gasteiger partial charge is 0.491 e. The van der Waals surface area contributed by atoms with Crippen molar-refractivity contribution in [3.63, 3.8) is 0 Å². The summed E-state index contributed by atoms with van der Waals surface area (Å²) in [5.74, 6) is 7.86. The van der Waals surface area contributed by atoms with Gasteiger partial charge in [-0.25, -0.2) is 10.8 Å². The Morgan fingerprint density at radius 3 is 2.56 bits per heavy atom. The van der Waals surface area contributed by atoms with E-state index in [1.54, 1.807) is 32.2 Å². The molecule has 1 aromatic carbocycles. The molecule has 1 aliphatic rings. The standard InChI is InChI=1S/C19H28N6O2/c1-19(2,26)12-27-15-9-7-14(8-10-15)25(21)17-16(20)11-22-18(24-17)23-13-5-3-4-6-13/h7-11,13,26H,3-6,12,20-21H2,1-2H3,(H,22,23,24). The van der Waals surface area contributed by atoms with Crippen LogP contribution in [0.5, 0.6) is 5.75 Å². The van der Waals surface area contributed by atoms with Gasteiger partial charge in [0.1, 0.15) is 12.4 Å². The van der Waals surface area contributed by atoms with Crippen molar-refractivity contribution in [2.24, 2.45) is 5.84 Å². The van der Waals surface area contributed by atoms with E-state index in [1.807, 2.05) is 12.1 Å². The smallest absolute Gasteiger partial charge is 0.225 e. The van der Waals surface area contributed by atoms with E-state index in [1.165, 1.54) is 17.9 Å². The van der Waals surface area contributed by atoms with Gasteiger partial charge in [0.15, 0.2) is 5.82 Å². The summed E-state index contributed by atoms with van der Waals surface area (Å²) in [5, 5.41) is 14.5. The number of rotatable bonds is 7. The molecule has 1 aromatic heterocycles. The van der Waals surface area contributed by atoms with Gasteiger partial charge < -0.3 is 20.9 Å². The van der Waals surface area contributed by atoms with Crippen molar-refractivity contribution in [2.75, 3.05) is 22.7 Å². The minimum Gasteiger partial charge on any atom is -0.491 e. The van der Waals surface area contributed by atoms with E-state index in [-0.39, 0.29) is 6.61 Å². The summed E-state index contributed by atoms with van der Waals surface area (Å²) in [5.41, 5.74) is 6.25. The number of anilines is 4. The number of hydrogen-bond donors (Lipinski definition) is 4. The maximum Gasteiger partial charge on any atom is 0.225 e. The number of nitrogens with zero attached hydrogens (tertiary/aromatic N) is 3. The van der Waals surface area contributed by atoms with Crippen LogP contribution in [0.15, 0.2) is 30.5 Å². The van der Waals surface area contributed by atoms with Crippen LogP contribution in [-0.2, 0) is 0 Å². The molecule has 3 rings (SSSR count). The van der Waals surface area contributed by atoms with Gasteiger partial charge in [-0.3, -0.25) is 5.01 Å². The second-order valence-corrected chi connectivity index (χ2v) is 7.56. The van der Waals surface area contributed by atoms with Gasteiger partial charge in [0.05, 0.1) is 23.2 Å². The van der Waals surface area contributed by atoms with Gasteiger partial charge >= 0.3 is 0 Å². The van der Waals surface area contributed by atoms with Crippen LogP contribution in [0.4, 0.5) is 23.1 Å². The molecule has 146 valence electrons.